The Bertz CT molecular complexity index is 603. The van der Waals surface area contributed by atoms with Crippen LogP contribution in [0.5, 0.6) is 5.75 Å². The second kappa shape index (κ2) is 10.1. The second-order valence-corrected chi connectivity index (χ2v) is 8.43. The van der Waals surface area contributed by atoms with E-state index >= 15 is 0 Å². The fraction of sp³-hybridized carbons (Fsp3) is 0.682. The third-order valence-electron chi connectivity index (χ3n) is 5.60. The van der Waals surface area contributed by atoms with Gasteiger partial charge in [-0.05, 0) is 24.8 Å². The zero-order valence-electron chi connectivity index (χ0n) is 17.6. The van der Waals surface area contributed by atoms with Crippen LogP contribution in [0, 0.1) is 5.92 Å². The van der Waals surface area contributed by atoms with Gasteiger partial charge >= 0.3 is 0 Å². The van der Waals surface area contributed by atoms with Crippen LogP contribution in [0.4, 0.5) is 0 Å². The smallest absolute Gasteiger partial charge is 0.220 e. The number of quaternary nitrogens is 1. The summed E-state index contributed by atoms with van der Waals surface area (Å²) in [4.78, 5) is 14.2. The van der Waals surface area contributed by atoms with Gasteiger partial charge in [0.05, 0.1) is 33.9 Å². The lowest BCUT2D eigenvalue weighted by Crippen LogP contribution is -3.05. The number of hydrogen-bond acceptors (Lipinski definition) is 3. The van der Waals surface area contributed by atoms with Crippen molar-refractivity contribution in [3.63, 3.8) is 0 Å². The van der Waals surface area contributed by atoms with E-state index in [-0.39, 0.29) is 17.4 Å². The topological polar surface area (TPSA) is 52.0 Å². The van der Waals surface area contributed by atoms with Gasteiger partial charge < -0.3 is 19.7 Å². The van der Waals surface area contributed by atoms with Crippen LogP contribution in [-0.2, 0) is 14.9 Å². The molecule has 0 saturated carbocycles. The maximum Gasteiger partial charge on any atom is 0.220 e. The highest BCUT2D eigenvalue weighted by Crippen LogP contribution is 2.45. The molecule has 1 amide bonds. The van der Waals surface area contributed by atoms with Gasteiger partial charge in [-0.2, -0.15) is 0 Å². The first-order valence-electron chi connectivity index (χ1n) is 10.2. The monoisotopic (exact) mass is 377 g/mol. The summed E-state index contributed by atoms with van der Waals surface area (Å²) in [5.41, 5.74) is 0.894. The molecule has 5 nitrogen and oxygen atoms in total. The maximum atomic E-state index is 12.8. The number of ether oxygens (including phenoxy) is 2. The highest BCUT2D eigenvalue weighted by molar-refractivity contribution is 5.78. The van der Waals surface area contributed by atoms with Crippen molar-refractivity contribution in [1.82, 2.24) is 5.32 Å². The van der Waals surface area contributed by atoms with E-state index in [0.717, 1.165) is 43.7 Å². The molecule has 0 aromatic heterocycles. The standard InChI is InChI=1S/C22H36N2O3/c1-17(2)20-15-22(11-14-27-20,18-9-6-7-10-19(18)26-5)16-21(25)23-12-8-13-24(3)4/h6-7,9-10,17,20H,8,11-16H2,1-5H3,(H,23,25)/p+1/t20-,22+/m1/s1. The molecule has 0 bridgehead atoms. The van der Waals surface area contributed by atoms with Crippen LogP contribution in [-0.4, -0.2) is 52.9 Å². The van der Waals surface area contributed by atoms with Crippen molar-refractivity contribution >= 4 is 5.91 Å². The lowest BCUT2D eigenvalue weighted by atomic mass is 9.68. The highest BCUT2D eigenvalue weighted by Gasteiger charge is 2.42. The van der Waals surface area contributed by atoms with Crippen molar-refractivity contribution in [2.24, 2.45) is 5.92 Å². The fourth-order valence-electron chi connectivity index (χ4n) is 4.00. The first-order chi connectivity index (χ1) is 12.9. The van der Waals surface area contributed by atoms with E-state index in [1.165, 1.54) is 4.90 Å². The summed E-state index contributed by atoms with van der Waals surface area (Å²) in [6, 6.07) is 8.13. The average molecular weight is 378 g/mol. The number of hydrogen-bond donors (Lipinski definition) is 2. The zero-order valence-corrected chi connectivity index (χ0v) is 17.6. The molecule has 1 aromatic rings. The number of rotatable bonds is 9. The summed E-state index contributed by atoms with van der Waals surface area (Å²) < 4.78 is 11.7. The van der Waals surface area contributed by atoms with Crippen molar-refractivity contribution in [1.29, 1.82) is 0 Å². The number of benzene rings is 1. The number of nitrogens with one attached hydrogen (secondary N) is 2. The van der Waals surface area contributed by atoms with E-state index in [1.54, 1.807) is 7.11 Å². The third kappa shape index (κ3) is 5.94. The molecule has 0 spiro atoms. The molecule has 152 valence electrons. The lowest BCUT2D eigenvalue weighted by Gasteiger charge is -2.43. The first-order valence-corrected chi connectivity index (χ1v) is 10.2. The van der Waals surface area contributed by atoms with E-state index < -0.39 is 0 Å². The summed E-state index contributed by atoms with van der Waals surface area (Å²) in [7, 11) is 5.97. The normalized spacial score (nSPS) is 22.9. The molecular formula is C22H37N2O3+. The minimum atomic E-state index is -0.239. The SMILES string of the molecule is COc1ccccc1[C@@]1(CC(=O)NCCC[NH+](C)C)CCO[C@@H](C(C)C)C1. The third-order valence-corrected chi connectivity index (χ3v) is 5.60. The van der Waals surface area contributed by atoms with Gasteiger partial charge in [0.15, 0.2) is 0 Å². The van der Waals surface area contributed by atoms with Crippen molar-refractivity contribution in [2.45, 2.75) is 51.0 Å². The Morgan fingerprint density at radius 3 is 2.78 bits per heavy atom. The van der Waals surface area contributed by atoms with Gasteiger partial charge in [0.25, 0.3) is 0 Å². The van der Waals surface area contributed by atoms with Gasteiger partial charge in [-0.3, -0.25) is 4.79 Å². The van der Waals surface area contributed by atoms with Crippen LogP contribution >= 0.6 is 0 Å². The molecule has 0 unspecified atom stereocenters. The molecule has 2 rings (SSSR count). The average Bonchev–Trinajstić information content (AvgIpc) is 2.65. The van der Waals surface area contributed by atoms with Crippen LogP contribution in [0.25, 0.3) is 0 Å². The molecule has 1 fully saturated rings. The van der Waals surface area contributed by atoms with Crippen molar-refractivity contribution < 1.29 is 19.2 Å². The number of amides is 1. The van der Waals surface area contributed by atoms with Crippen molar-refractivity contribution in [2.75, 3.05) is 40.9 Å². The molecule has 2 atom stereocenters. The molecule has 1 aliphatic heterocycles. The number of methoxy groups -OCH3 is 1. The van der Waals surface area contributed by atoms with Crippen LogP contribution in [0.15, 0.2) is 24.3 Å². The Balaban J connectivity index is 2.19. The molecule has 2 N–H and O–H groups in total. The lowest BCUT2D eigenvalue weighted by molar-refractivity contribution is -0.858. The van der Waals surface area contributed by atoms with Gasteiger partial charge in [-0.1, -0.05) is 32.0 Å². The summed E-state index contributed by atoms with van der Waals surface area (Å²) in [5.74, 6) is 1.41. The van der Waals surface area contributed by atoms with Crippen LogP contribution in [0.3, 0.4) is 0 Å². The zero-order chi connectivity index (χ0) is 19.9. The van der Waals surface area contributed by atoms with E-state index in [9.17, 15) is 4.79 Å². The Labute approximate surface area is 164 Å². The minimum absolute atomic E-state index is 0.124. The van der Waals surface area contributed by atoms with Gasteiger partial charge in [-0.15, -0.1) is 0 Å². The summed E-state index contributed by atoms with van der Waals surface area (Å²) in [6.07, 6.45) is 3.32. The Morgan fingerprint density at radius 2 is 2.11 bits per heavy atom. The Hall–Kier alpha value is -1.59. The Morgan fingerprint density at radius 1 is 1.37 bits per heavy atom. The van der Waals surface area contributed by atoms with Gasteiger partial charge in [0, 0.05) is 37.0 Å². The minimum Gasteiger partial charge on any atom is -0.496 e. The number of carbonyl (C=O) groups is 1. The summed E-state index contributed by atoms with van der Waals surface area (Å²) in [5, 5.41) is 3.13. The van der Waals surface area contributed by atoms with Crippen molar-refractivity contribution in [3.8, 4) is 5.75 Å². The van der Waals surface area contributed by atoms with Gasteiger partial charge in [0.2, 0.25) is 5.91 Å². The van der Waals surface area contributed by atoms with Crippen LogP contribution in [0.1, 0.15) is 45.1 Å². The molecule has 0 aliphatic carbocycles. The molecule has 1 aliphatic rings. The highest BCUT2D eigenvalue weighted by atomic mass is 16.5. The molecule has 27 heavy (non-hydrogen) atoms. The van der Waals surface area contributed by atoms with E-state index in [0.29, 0.717) is 18.9 Å². The first kappa shape index (κ1) is 21.7. The molecular weight excluding hydrogens is 340 g/mol. The van der Waals surface area contributed by atoms with Gasteiger partial charge in [0.1, 0.15) is 5.75 Å². The van der Waals surface area contributed by atoms with E-state index in [1.807, 2.05) is 18.2 Å². The van der Waals surface area contributed by atoms with E-state index in [4.69, 9.17) is 9.47 Å². The predicted molar refractivity (Wildman–Crippen MR) is 108 cm³/mol. The Kier molecular flexibility index (Phi) is 8.11. The fourth-order valence-corrected chi connectivity index (χ4v) is 4.00. The largest absolute Gasteiger partial charge is 0.496 e. The molecule has 1 saturated heterocycles. The summed E-state index contributed by atoms with van der Waals surface area (Å²) >= 11 is 0. The maximum absolute atomic E-state index is 12.8. The number of para-hydroxylation sites is 1. The predicted octanol–water partition coefficient (Wildman–Crippen LogP) is 1.81. The number of carbonyl (C=O) groups excluding carboxylic acids is 1. The molecule has 1 aromatic carbocycles. The quantitative estimate of drug-likeness (QED) is 0.646. The second-order valence-electron chi connectivity index (χ2n) is 8.43. The molecule has 1 heterocycles. The summed E-state index contributed by atoms with van der Waals surface area (Å²) in [6.45, 7) is 6.84. The molecule has 0 radical (unpaired) electrons. The van der Waals surface area contributed by atoms with Gasteiger partial charge in [-0.25, -0.2) is 0 Å². The molecule has 5 heteroatoms. The van der Waals surface area contributed by atoms with Crippen LogP contribution < -0.4 is 15.0 Å². The van der Waals surface area contributed by atoms with E-state index in [2.05, 4.69) is 39.3 Å². The van der Waals surface area contributed by atoms with Crippen molar-refractivity contribution in [3.05, 3.63) is 29.8 Å². The van der Waals surface area contributed by atoms with Crippen LogP contribution in [0.2, 0.25) is 0 Å².